The minimum Gasteiger partial charge on any atom is -0.394 e. The van der Waals surface area contributed by atoms with Gasteiger partial charge in [0.15, 0.2) is 18.9 Å². The molecule has 11 N–H and O–H groups in total. The van der Waals surface area contributed by atoms with E-state index < -0.39 is 112 Å². The van der Waals surface area contributed by atoms with Crippen LogP contribution in [0.5, 0.6) is 0 Å². The van der Waals surface area contributed by atoms with Crippen molar-refractivity contribution in [3.8, 4) is 0 Å². The maximum atomic E-state index is 10.6. The van der Waals surface area contributed by atoms with Crippen LogP contribution in [0.3, 0.4) is 0 Å². The van der Waals surface area contributed by atoms with Crippen molar-refractivity contribution in [2.75, 3.05) is 19.8 Å². The highest BCUT2D eigenvalue weighted by Gasteiger charge is 2.51. The summed E-state index contributed by atoms with van der Waals surface area (Å²) in [5, 5.41) is 109. The van der Waals surface area contributed by atoms with Gasteiger partial charge in [0.25, 0.3) is 0 Å². The van der Waals surface area contributed by atoms with Gasteiger partial charge in [0.05, 0.1) is 19.8 Å². The van der Waals surface area contributed by atoms with Gasteiger partial charge in [0, 0.05) is 0 Å². The van der Waals surface area contributed by atoms with Gasteiger partial charge in [-0.15, -0.1) is 0 Å². The maximum absolute atomic E-state index is 10.6. The Bertz CT molecular complexity index is 637. The van der Waals surface area contributed by atoms with E-state index in [1.54, 1.807) is 0 Å². The Morgan fingerprint density at radius 1 is 0.500 bits per heavy atom. The van der Waals surface area contributed by atoms with Crippen LogP contribution < -0.4 is 0 Å². The molecule has 16 heteroatoms. The van der Waals surface area contributed by atoms with E-state index in [1.165, 1.54) is 0 Å². The van der Waals surface area contributed by atoms with Crippen LogP contribution in [0.2, 0.25) is 0 Å². The summed E-state index contributed by atoms with van der Waals surface area (Å²) in [5.41, 5.74) is 0. The average Bonchev–Trinajstić information content (AvgIpc) is 2.82. The third-order valence-corrected chi connectivity index (χ3v) is 6.07. The molecule has 0 amide bonds. The van der Waals surface area contributed by atoms with Gasteiger partial charge in [-0.05, 0) is 0 Å². The summed E-state index contributed by atoms with van der Waals surface area (Å²) < 4.78 is 26.1. The fourth-order valence-corrected chi connectivity index (χ4v) is 3.94. The van der Waals surface area contributed by atoms with Crippen LogP contribution in [0.25, 0.3) is 0 Å². The lowest BCUT2D eigenvalue weighted by Gasteiger charge is -2.45. The third kappa shape index (κ3) is 5.52. The Balaban J connectivity index is 1.65. The van der Waals surface area contributed by atoms with E-state index in [0.717, 1.165) is 0 Å². The topological polar surface area (TPSA) is 269 Å². The molecule has 3 saturated heterocycles. The van der Waals surface area contributed by atoms with Crippen LogP contribution in [0.15, 0.2) is 0 Å². The van der Waals surface area contributed by atoms with E-state index in [-0.39, 0.29) is 0 Å². The van der Waals surface area contributed by atoms with Gasteiger partial charge >= 0.3 is 0 Å². The standard InChI is InChI=1S/C18H32O16/c19-1-4-7(21)10(24)12(26)17(32-4)30-3-6-9(23)15(14(28)16(29)31-6)34-18-13(27)11(25)8(22)5(2-20)33-18/h4-29H,1-3H2/t4-,5-,6-,7-,8-,9-,10+,11+,12+,13+,14+,15+,16?,17?,18?/m1/s1. The highest BCUT2D eigenvalue weighted by molar-refractivity contribution is 4.94. The monoisotopic (exact) mass is 504 g/mol. The summed E-state index contributed by atoms with van der Waals surface area (Å²) in [5.74, 6) is 0. The molecule has 0 aromatic heterocycles. The Labute approximate surface area is 192 Å². The van der Waals surface area contributed by atoms with Gasteiger partial charge in [0.2, 0.25) is 0 Å². The van der Waals surface area contributed by atoms with Gasteiger partial charge in [-0.2, -0.15) is 0 Å². The molecule has 15 atom stereocenters. The number of rotatable bonds is 7. The molecular weight excluding hydrogens is 472 g/mol. The second-order valence-electron chi connectivity index (χ2n) is 8.37. The first kappa shape index (κ1) is 27.9. The van der Waals surface area contributed by atoms with Crippen molar-refractivity contribution in [2.24, 2.45) is 0 Å². The molecule has 0 aromatic rings. The Morgan fingerprint density at radius 3 is 1.53 bits per heavy atom. The first-order valence-corrected chi connectivity index (χ1v) is 10.6. The van der Waals surface area contributed by atoms with Crippen LogP contribution in [0, 0.1) is 0 Å². The highest BCUT2D eigenvalue weighted by Crippen LogP contribution is 2.29. The summed E-state index contributed by atoms with van der Waals surface area (Å²) in [6, 6.07) is 0. The Hall–Kier alpha value is -0.640. The van der Waals surface area contributed by atoms with Crippen molar-refractivity contribution in [1.82, 2.24) is 0 Å². The zero-order valence-electron chi connectivity index (χ0n) is 17.7. The van der Waals surface area contributed by atoms with Crippen molar-refractivity contribution < 1.29 is 79.9 Å². The summed E-state index contributed by atoms with van der Waals surface area (Å²) in [6.07, 6.45) is -24.9. The Morgan fingerprint density at radius 2 is 1.00 bits per heavy atom. The fourth-order valence-electron chi connectivity index (χ4n) is 3.94. The van der Waals surface area contributed by atoms with Crippen molar-refractivity contribution in [3.63, 3.8) is 0 Å². The summed E-state index contributed by atoms with van der Waals surface area (Å²) in [4.78, 5) is 0. The second kappa shape index (κ2) is 11.6. The summed E-state index contributed by atoms with van der Waals surface area (Å²) in [6.45, 7) is -2.06. The van der Waals surface area contributed by atoms with Crippen LogP contribution in [-0.2, 0) is 23.7 Å². The molecule has 3 rings (SSSR count). The van der Waals surface area contributed by atoms with Crippen molar-refractivity contribution in [2.45, 2.75) is 92.1 Å². The third-order valence-electron chi connectivity index (χ3n) is 6.07. The smallest absolute Gasteiger partial charge is 0.187 e. The maximum Gasteiger partial charge on any atom is 0.187 e. The molecule has 0 saturated carbocycles. The van der Waals surface area contributed by atoms with Crippen LogP contribution in [0.1, 0.15) is 0 Å². The lowest BCUT2D eigenvalue weighted by Crippen LogP contribution is -2.65. The fraction of sp³-hybridized carbons (Fsp3) is 1.00. The minimum absolute atomic E-state index is 0.609. The van der Waals surface area contributed by atoms with E-state index in [4.69, 9.17) is 23.7 Å². The van der Waals surface area contributed by atoms with Gasteiger partial charge in [0.1, 0.15) is 73.2 Å². The molecule has 3 aliphatic rings. The number of ether oxygens (including phenoxy) is 5. The second-order valence-corrected chi connectivity index (χ2v) is 8.37. The molecule has 3 fully saturated rings. The predicted molar refractivity (Wildman–Crippen MR) is 101 cm³/mol. The molecule has 3 unspecified atom stereocenters. The lowest BCUT2D eigenvalue weighted by atomic mass is 9.97. The molecule has 0 spiro atoms. The molecule has 0 aliphatic carbocycles. The zero-order valence-corrected chi connectivity index (χ0v) is 17.7. The van der Waals surface area contributed by atoms with Gasteiger partial charge in [-0.25, -0.2) is 0 Å². The molecule has 200 valence electrons. The lowest BCUT2D eigenvalue weighted by molar-refractivity contribution is -0.361. The van der Waals surface area contributed by atoms with Gasteiger partial charge < -0.3 is 79.9 Å². The first-order chi connectivity index (χ1) is 16.0. The van der Waals surface area contributed by atoms with Gasteiger partial charge in [-0.1, -0.05) is 0 Å². The highest BCUT2D eigenvalue weighted by atomic mass is 16.7. The van der Waals surface area contributed by atoms with Crippen molar-refractivity contribution in [3.05, 3.63) is 0 Å². The molecule has 0 aromatic carbocycles. The molecule has 3 heterocycles. The summed E-state index contributed by atoms with van der Waals surface area (Å²) >= 11 is 0. The number of hydrogen-bond donors (Lipinski definition) is 11. The van der Waals surface area contributed by atoms with Crippen LogP contribution in [0.4, 0.5) is 0 Å². The quantitative estimate of drug-likeness (QED) is 0.154. The minimum atomic E-state index is -1.93. The van der Waals surface area contributed by atoms with Gasteiger partial charge in [-0.3, -0.25) is 0 Å². The average molecular weight is 504 g/mol. The number of aliphatic hydroxyl groups excluding tert-OH is 11. The number of hydrogen-bond acceptors (Lipinski definition) is 16. The Kier molecular flexibility index (Phi) is 9.54. The molecule has 0 bridgehead atoms. The van der Waals surface area contributed by atoms with E-state index in [0.29, 0.717) is 0 Å². The van der Waals surface area contributed by atoms with E-state index >= 15 is 0 Å². The van der Waals surface area contributed by atoms with Crippen LogP contribution >= 0.6 is 0 Å². The molecule has 0 radical (unpaired) electrons. The number of aliphatic hydroxyl groups is 11. The largest absolute Gasteiger partial charge is 0.394 e. The van der Waals surface area contributed by atoms with Crippen molar-refractivity contribution in [1.29, 1.82) is 0 Å². The molecule has 34 heavy (non-hydrogen) atoms. The molecule has 16 nitrogen and oxygen atoms in total. The summed E-state index contributed by atoms with van der Waals surface area (Å²) in [7, 11) is 0. The first-order valence-electron chi connectivity index (χ1n) is 10.6. The molecule has 3 aliphatic heterocycles. The van der Waals surface area contributed by atoms with E-state index in [1.807, 2.05) is 0 Å². The van der Waals surface area contributed by atoms with Crippen molar-refractivity contribution >= 4 is 0 Å². The SMILES string of the molecule is OC[C@H]1OC(OC[C@H]2OC(O)[C@@H](O)[C@@H](OC3O[C@H](CO)[C@@H](O)[C@H](O)[C@@H]3O)[C@@H]2O)[C@@H](O)[C@@H](O)[C@@H]1O. The van der Waals surface area contributed by atoms with E-state index in [2.05, 4.69) is 0 Å². The molecular formula is C18H32O16. The predicted octanol–water partition coefficient (Wildman–Crippen LogP) is -7.57. The zero-order chi connectivity index (χ0) is 25.3. The normalized spacial score (nSPS) is 52.5. The van der Waals surface area contributed by atoms with Crippen LogP contribution in [-0.4, -0.2) is 168 Å². The van der Waals surface area contributed by atoms with E-state index in [9.17, 15) is 56.2 Å².